The van der Waals surface area contributed by atoms with E-state index in [9.17, 15) is 8.42 Å². The highest BCUT2D eigenvalue weighted by Gasteiger charge is 2.64. The average molecular weight is 401 g/mol. The molecule has 2 aromatic rings. The van der Waals surface area contributed by atoms with Gasteiger partial charge < -0.3 is 4.74 Å². The third-order valence-corrected chi connectivity index (χ3v) is 5.64. The molecule has 3 rings (SSSR count). The molecule has 0 saturated heterocycles. The first-order chi connectivity index (χ1) is 11.8. The van der Waals surface area contributed by atoms with Crippen LogP contribution in [0.3, 0.4) is 0 Å². The quantitative estimate of drug-likeness (QED) is 0.398. The third kappa shape index (κ3) is 4.47. The largest absolute Gasteiger partial charge is 0.491 e. The molecule has 0 bridgehead atoms. The first-order valence-corrected chi connectivity index (χ1v) is 10.4. The molecule has 0 radical (unpaired) electrons. The van der Waals surface area contributed by atoms with Crippen LogP contribution < -0.4 is 4.74 Å². The Hall–Kier alpha value is -1.27. The standard InChI is InChI=1S/C18H18Cl2O4S/c1-25(21,22)24-12-11-23-15-9-7-14(8-10-15)17-16(18(17,19)20)13-5-3-2-4-6-13/h2-10,16-17H,11-12H2,1H3/t16-,17+/m1/s1. The Morgan fingerprint density at radius 3 is 2.04 bits per heavy atom. The van der Waals surface area contributed by atoms with Gasteiger partial charge >= 0.3 is 0 Å². The minimum absolute atomic E-state index is 0.0221. The Morgan fingerprint density at radius 1 is 0.920 bits per heavy atom. The van der Waals surface area contributed by atoms with Crippen molar-refractivity contribution in [1.29, 1.82) is 0 Å². The molecule has 7 heteroatoms. The molecule has 1 fully saturated rings. The number of rotatable bonds is 7. The maximum atomic E-state index is 10.9. The summed E-state index contributed by atoms with van der Waals surface area (Å²) in [5.74, 6) is 0.723. The maximum absolute atomic E-state index is 10.9. The summed E-state index contributed by atoms with van der Waals surface area (Å²) in [4.78, 5) is 0. The van der Waals surface area contributed by atoms with Crippen molar-refractivity contribution in [2.45, 2.75) is 16.2 Å². The molecule has 1 saturated carbocycles. The fraction of sp³-hybridized carbons (Fsp3) is 0.333. The first kappa shape index (κ1) is 18.5. The molecular formula is C18H18Cl2O4S. The van der Waals surface area contributed by atoms with Crippen LogP contribution >= 0.6 is 23.2 Å². The Labute approximate surface area is 157 Å². The fourth-order valence-corrected chi connectivity index (χ4v) is 4.19. The Kier molecular flexibility index (Phi) is 5.30. The third-order valence-electron chi connectivity index (χ3n) is 4.10. The van der Waals surface area contributed by atoms with Crippen molar-refractivity contribution in [2.75, 3.05) is 19.5 Å². The molecule has 2 aromatic carbocycles. The Balaban J connectivity index is 1.61. The lowest BCUT2D eigenvalue weighted by Crippen LogP contribution is -2.11. The van der Waals surface area contributed by atoms with Crippen LogP contribution in [0.1, 0.15) is 23.0 Å². The highest BCUT2D eigenvalue weighted by Crippen LogP contribution is 2.70. The van der Waals surface area contributed by atoms with Gasteiger partial charge in [0.25, 0.3) is 10.1 Å². The smallest absolute Gasteiger partial charge is 0.264 e. The van der Waals surface area contributed by atoms with E-state index in [0.717, 1.165) is 17.4 Å². The number of ether oxygens (including phenoxy) is 1. The lowest BCUT2D eigenvalue weighted by Gasteiger charge is -2.07. The van der Waals surface area contributed by atoms with Gasteiger partial charge in [0.15, 0.2) is 0 Å². The lowest BCUT2D eigenvalue weighted by molar-refractivity contribution is 0.222. The van der Waals surface area contributed by atoms with Crippen molar-refractivity contribution in [3.05, 3.63) is 65.7 Å². The summed E-state index contributed by atoms with van der Waals surface area (Å²) in [5, 5.41) is 0. The first-order valence-electron chi connectivity index (χ1n) is 7.79. The van der Waals surface area contributed by atoms with Gasteiger partial charge in [-0.25, -0.2) is 0 Å². The number of hydrogen-bond acceptors (Lipinski definition) is 4. The van der Waals surface area contributed by atoms with E-state index in [4.69, 9.17) is 27.9 Å². The Bertz CT molecular complexity index is 820. The van der Waals surface area contributed by atoms with Crippen LogP contribution in [0.4, 0.5) is 0 Å². The molecule has 0 N–H and O–H groups in total. The van der Waals surface area contributed by atoms with E-state index in [0.29, 0.717) is 5.75 Å². The van der Waals surface area contributed by atoms with Crippen LogP contribution in [0.2, 0.25) is 0 Å². The molecule has 0 spiro atoms. The minimum atomic E-state index is -3.44. The normalized spacial score (nSPS) is 21.7. The predicted octanol–water partition coefficient (Wildman–Crippen LogP) is 4.10. The lowest BCUT2D eigenvalue weighted by atomic mass is 10.0. The average Bonchev–Trinajstić information content (AvgIpc) is 3.14. The van der Waals surface area contributed by atoms with E-state index >= 15 is 0 Å². The molecule has 1 aliphatic rings. The van der Waals surface area contributed by atoms with Crippen molar-refractivity contribution in [3.8, 4) is 5.75 Å². The molecule has 0 amide bonds. The Morgan fingerprint density at radius 2 is 1.48 bits per heavy atom. The van der Waals surface area contributed by atoms with Crippen LogP contribution in [0.15, 0.2) is 54.6 Å². The van der Waals surface area contributed by atoms with Crippen molar-refractivity contribution >= 4 is 33.3 Å². The second-order valence-corrected chi connectivity index (χ2v) is 9.07. The van der Waals surface area contributed by atoms with E-state index in [2.05, 4.69) is 4.18 Å². The zero-order chi connectivity index (χ0) is 18.1. The summed E-state index contributed by atoms with van der Waals surface area (Å²) < 4.78 is 31.0. The monoisotopic (exact) mass is 400 g/mol. The van der Waals surface area contributed by atoms with E-state index in [1.807, 2.05) is 54.6 Å². The summed E-state index contributed by atoms with van der Waals surface area (Å²) in [6.07, 6.45) is 1.01. The van der Waals surface area contributed by atoms with Gasteiger partial charge in [-0.05, 0) is 23.3 Å². The van der Waals surface area contributed by atoms with Gasteiger partial charge in [-0.3, -0.25) is 4.18 Å². The van der Waals surface area contributed by atoms with Crippen molar-refractivity contribution < 1.29 is 17.3 Å². The molecule has 1 aliphatic carbocycles. The van der Waals surface area contributed by atoms with Crippen molar-refractivity contribution in [1.82, 2.24) is 0 Å². The summed E-state index contributed by atoms with van der Waals surface area (Å²) in [5.41, 5.74) is 2.16. The molecule has 0 heterocycles. The van der Waals surface area contributed by atoms with Gasteiger partial charge in [0.05, 0.1) is 6.26 Å². The number of benzene rings is 2. The second kappa shape index (κ2) is 7.16. The topological polar surface area (TPSA) is 52.6 Å². The summed E-state index contributed by atoms with van der Waals surface area (Å²) in [7, 11) is -3.44. The number of alkyl halides is 2. The summed E-state index contributed by atoms with van der Waals surface area (Å²) >= 11 is 13.0. The maximum Gasteiger partial charge on any atom is 0.264 e. The second-order valence-electron chi connectivity index (χ2n) is 5.98. The highest BCUT2D eigenvalue weighted by atomic mass is 35.5. The molecule has 134 valence electrons. The van der Waals surface area contributed by atoms with Crippen molar-refractivity contribution in [2.24, 2.45) is 0 Å². The van der Waals surface area contributed by atoms with E-state index < -0.39 is 14.5 Å². The molecule has 0 unspecified atom stereocenters. The van der Waals surface area contributed by atoms with E-state index in [-0.39, 0.29) is 25.0 Å². The van der Waals surface area contributed by atoms with Gasteiger partial charge in [-0.15, -0.1) is 23.2 Å². The van der Waals surface area contributed by atoms with Gasteiger partial charge in [-0.1, -0.05) is 42.5 Å². The van der Waals surface area contributed by atoms with Crippen LogP contribution in [0.5, 0.6) is 5.75 Å². The van der Waals surface area contributed by atoms with Crippen LogP contribution in [0.25, 0.3) is 0 Å². The van der Waals surface area contributed by atoms with E-state index in [1.165, 1.54) is 0 Å². The highest BCUT2D eigenvalue weighted by molar-refractivity contribution is 7.85. The molecule has 25 heavy (non-hydrogen) atoms. The van der Waals surface area contributed by atoms with Crippen LogP contribution in [0, 0.1) is 0 Å². The zero-order valence-electron chi connectivity index (χ0n) is 13.6. The number of halogens is 2. The molecule has 0 aromatic heterocycles. The predicted molar refractivity (Wildman–Crippen MR) is 99.1 cm³/mol. The van der Waals surface area contributed by atoms with Gasteiger partial charge in [-0.2, -0.15) is 8.42 Å². The van der Waals surface area contributed by atoms with Crippen molar-refractivity contribution in [3.63, 3.8) is 0 Å². The van der Waals surface area contributed by atoms with Gasteiger partial charge in [0, 0.05) is 11.8 Å². The van der Waals surface area contributed by atoms with Crippen LogP contribution in [-0.4, -0.2) is 32.2 Å². The molecule has 4 nitrogen and oxygen atoms in total. The van der Waals surface area contributed by atoms with E-state index in [1.54, 1.807) is 0 Å². The van der Waals surface area contributed by atoms with Gasteiger partial charge in [0.2, 0.25) is 0 Å². The van der Waals surface area contributed by atoms with Crippen LogP contribution in [-0.2, 0) is 14.3 Å². The number of hydrogen-bond donors (Lipinski definition) is 0. The zero-order valence-corrected chi connectivity index (χ0v) is 15.9. The summed E-state index contributed by atoms with van der Waals surface area (Å²) in [6, 6.07) is 17.5. The summed E-state index contributed by atoms with van der Waals surface area (Å²) in [6.45, 7) is 0.128. The molecule has 0 aliphatic heterocycles. The minimum Gasteiger partial charge on any atom is -0.491 e. The molecule has 2 atom stereocenters. The fourth-order valence-electron chi connectivity index (χ4n) is 2.93. The molecular weight excluding hydrogens is 383 g/mol. The SMILES string of the molecule is CS(=O)(=O)OCCOc1ccc([C@H]2[C@@H](c3ccccc3)C2(Cl)Cl)cc1. The van der Waals surface area contributed by atoms with Gasteiger partial charge in [0.1, 0.15) is 23.3 Å².